The van der Waals surface area contributed by atoms with E-state index < -0.39 is 0 Å². The SMILES string of the molecule is CC1=NNC(=O)/C1=C\c1cn(-c2ccccc2)nc1-c1cc2ccccc2o1. The van der Waals surface area contributed by atoms with E-state index >= 15 is 0 Å². The van der Waals surface area contributed by atoms with Gasteiger partial charge in [0.1, 0.15) is 11.3 Å². The number of aromatic nitrogens is 2. The fraction of sp³-hybridized carbons (Fsp3) is 0.0455. The highest BCUT2D eigenvalue weighted by atomic mass is 16.3. The fourth-order valence-corrected chi connectivity index (χ4v) is 3.24. The van der Waals surface area contributed by atoms with E-state index in [4.69, 9.17) is 9.52 Å². The number of rotatable bonds is 3. The Morgan fingerprint density at radius 2 is 1.86 bits per heavy atom. The molecule has 0 aliphatic carbocycles. The number of fused-ring (bicyclic) bond motifs is 1. The fourth-order valence-electron chi connectivity index (χ4n) is 3.24. The van der Waals surface area contributed by atoms with Crippen LogP contribution in [0.25, 0.3) is 34.2 Å². The van der Waals surface area contributed by atoms with Gasteiger partial charge in [0.25, 0.3) is 5.91 Å². The minimum absolute atomic E-state index is 0.222. The van der Waals surface area contributed by atoms with Crippen LogP contribution in [-0.2, 0) is 4.79 Å². The summed E-state index contributed by atoms with van der Waals surface area (Å²) < 4.78 is 7.81. The van der Waals surface area contributed by atoms with Gasteiger partial charge in [-0.1, -0.05) is 36.4 Å². The minimum Gasteiger partial charge on any atom is -0.454 e. The summed E-state index contributed by atoms with van der Waals surface area (Å²) in [5.41, 5.74) is 6.82. The zero-order chi connectivity index (χ0) is 19.1. The molecule has 4 aromatic rings. The summed E-state index contributed by atoms with van der Waals surface area (Å²) in [6.45, 7) is 1.80. The molecular weight excluding hydrogens is 352 g/mol. The van der Waals surface area contributed by atoms with Crippen LogP contribution in [0.3, 0.4) is 0 Å². The summed E-state index contributed by atoms with van der Waals surface area (Å²) in [6, 6.07) is 19.6. The number of benzene rings is 2. The number of hydrazone groups is 1. The second kappa shape index (κ2) is 6.35. The largest absolute Gasteiger partial charge is 0.454 e. The number of carbonyl (C=O) groups excluding carboxylic acids is 1. The Kier molecular flexibility index (Phi) is 3.69. The molecule has 5 rings (SSSR count). The highest BCUT2D eigenvalue weighted by molar-refractivity contribution is 6.26. The molecule has 0 saturated carbocycles. The molecule has 136 valence electrons. The number of nitrogens with zero attached hydrogens (tertiary/aromatic N) is 3. The Bertz CT molecular complexity index is 1230. The van der Waals surface area contributed by atoms with Crippen molar-refractivity contribution in [2.24, 2.45) is 5.10 Å². The van der Waals surface area contributed by atoms with E-state index in [0.717, 1.165) is 22.2 Å². The average molecular weight is 368 g/mol. The number of amides is 1. The Morgan fingerprint density at radius 3 is 2.61 bits per heavy atom. The van der Waals surface area contributed by atoms with Gasteiger partial charge in [-0.15, -0.1) is 0 Å². The Hall–Kier alpha value is -3.93. The van der Waals surface area contributed by atoms with E-state index in [-0.39, 0.29) is 5.91 Å². The number of furan rings is 1. The van der Waals surface area contributed by atoms with Gasteiger partial charge in [-0.3, -0.25) is 4.79 Å². The second-order valence-corrected chi connectivity index (χ2v) is 6.56. The predicted octanol–water partition coefficient (Wildman–Crippen LogP) is 4.17. The third-order valence-electron chi connectivity index (χ3n) is 4.68. The maximum absolute atomic E-state index is 12.1. The molecule has 2 aromatic heterocycles. The van der Waals surface area contributed by atoms with Crippen molar-refractivity contribution in [2.75, 3.05) is 0 Å². The molecule has 1 N–H and O–H groups in total. The summed E-state index contributed by atoms with van der Waals surface area (Å²) in [5, 5.41) is 9.74. The molecule has 3 heterocycles. The molecule has 1 aliphatic rings. The van der Waals surface area contributed by atoms with Crippen LogP contribution in [0.5, 0.6) is 0 Å². The van der Waals surface area contributed by atoms with Crippen LogP contribution in [0.15, 0.2) is 82.0 Å². The summed E-state index contributed by atoms with van der Waals surface area (Å²) in [7, 11) is 0. The quantitative estimate of drug-likeness (QED) is 0.552. The van der Waals surface area contributed by atoms with Gasteiger partial charge in [0.2, 0.25) is 0 Å². The normalized spacial score (nSPS) is 15.2. The Labute approximate surface area is 160 Å². The zero-order valence-corrected chi connectivity index (χ0v) is 15.1. The maximum atomic E-state index is 12.1. The second-order valence-electron chi connectivity index (χ2n) is 6.56. The van der Waals surface area contributed by atoms with Gasteiger partial charge in [0.05, 0.1) is 17.0 Å². The molecule has 6 nitrogen and oxygen atoms in total. The average Bonchev–Trinajstić information content (AvgIpc) is 3.41. The third-order valence-corrected chi connectivity index (χ3v) is 4.68. The van der Waals surface area contributed by atoms with Crippen molar-refractivity contribution in [3.8, 4) is 17.1 Å². The number of para-hydroxylation sites is 2. The van der Waals surface area contributed by atoms with Crippen LogP contribution in [0, 0.1) is 0 Å². The molecule has 0 unspecified atom stereocenters. The van der Waals surface area contributed by atoms with Crippen LogP contribution >= 0.6 is 0 Å². The molecule has 6 heteroatoms. The molecule has 2 aromatic carbocycles. The molecule has 0 saturated heterocycles. The third kappa shape index (κ3) is 2.72. The summed E-state index contributed by atoms with van der Waals surface area (Å²) >= 11 is 0. The van der Waals surface area contributed by atoms with Crippen molar-refractivity contribution < 1.29 is 9.21 Å². The van der Waals surface area contributed by atoms with E-state index in [1.165, 1.54) is 0 Å². The van der Waals surface area contributed by atoms with Crippen LogP contribution in [-0.4, -0.2) is 21.4 Å². The lowest BCUT2D eigenvalue weighted by Crippen LogP contribution is -2.12. The first-order valence-electron chi connectivity index (χ1n) is 8.90. The number of nitrogens with one attached hydrogen (secondary N) is 1. The van der Waals surface area contributed by atoms with Crippen LogP contribution in [0.2, 0.25) is 0 Å². The van der Waals surface area contributed by atoms with Gasteiger partial charge in [-0.05, 0) is 37.3 Å². The van der Waals surface area contributed by atoms with Gasteiger partial charge < -0.3 is 4.42 Å². The summed E-state index contributed by atoms with van der Waals surface area (Å²) in [5.74, 6) is 0.427. The monoisotopic (exact) mass is 368 g/mol. The standard InChI is InChI=1S/C22H16N4O2/c1-14-18(22(27)24-23-14)11-16-13-26(17-8-3-2-4-9-17)25-21(16)20-12-15-7-5-6-10-19(15)28-20/h2-13H,1H3,(H,24,27)/b18-11-. The van der Waals surface area contributed by atoms with Crippen molar-refractivity contribution in [3.63, 3.8) is 0 Å². The van der Waals surface area contributed by atoms with Crippen molar-refractivity contribution >= 4 is 28.7 Å². The predicted molar refractivity (Wildman–Crippen MR) is 108 cm³/mol. The van der Waals surface area contributed by atoms with E-state index in [1.807, 2.05) is 66.9 Å². The van der Waals surface area contributed by atoms with E-state index in [2.05, 4.69) is 10.5 Å². The van der Waals surface area contributed by atoms with Gasteiger partial charge in [0, 0.05) is 17.1 Å². The highest BCUT2D eigenvalue weighted by Gasteiger charge is 2.22. The molecule has 0 radical (unpaired) electrons. The van der Waals surface area contributed by atoms with Crippen LogP contribution in [0.1, 0.15) is 12.5 Å². The molecule has 0 spiro atoms. The number of hydrogen-bond acceptors (Lipinski definition) is 4. The molecule has 1 aliphatic heterocycles. The van der Waals surface area contributed by atoms with Crippen molar-refractivity contribution in [1.82, 2.24) is 15.2 Å². The van der Waals surface area contributed by atoms with Gasteiger partial charge in [0.15, 0.2) is 5.76 Å². The van der Waals surface area contributed by atoms with E-state index in [0.29, 0.717) is 22.7 Å². The maximum Gasteiger partial charge on any atom is 0.273 e. The van der Waals surface area contributed by atoms with E-state index in [1.54, 1.807) is 17.7 Å². The first-order valence-corrected chi connectivity index (χ1v) is 8.90. The van der Waals surface area contributed by atoms with Crippen molar-refractivity contribution in [2.45, 2.75) is 6.92 Å². The zero-order valence-electron chi connectivity index (χ0n) is 15.1. The number of hydrogen-bond donors (Lipinski definition) is 1. The first-order chi connectivity index (χ1) is 13.7. The minimum atomic E-state index is -0.222. The lowest BCUT2D eigenvalue weighted by atomic mass is 10.1. The lowest BCUT2D eigenvalue weighted by Gasteiger charge is -1.98. The molecule has 0 atom stereocenters. The lowest BCUT2D eigenvalue weighted by molar-refractivity contribution is -0.116. The molecule has 1 amide bonds. The van der Waals surface area contributed by atoms with Crippen LogP contribution in [0.4, 0.5) is 0 Å². The van der Waals surface area contributed by atoms with Crippen molar-refractivity contribution in [3.05, 3.63) is 78.0 Å². The first kappa shape index (κ1) is 16.3. The summed E-state index contributed by atoms with van der Waals surface area (Å²) in [6.07, 6.45) is 3.69. The molecule has 28 heavy (non-hydrogen) atoms. The molecular formula is C22H16N4O2. The highest BCUT2D eigenvalue weighted by Crippen LogP contribution is 2.31. The van der Waals surface area contributed by atoms with Crippen LogP contribution < -0.4 is 5.43 Å². The van der Waals surface area contributed by atoms with Gasteiger partial charge in [-0.2, -0.15) is 10.2 Å². The smallest absolute Gasteiger partial charge is 0.273 e. The Balaban J connectivity index is 1.70. The summed E-state index contributed by atoms with van der Waals surface area (Å²) in [4.78, 5) is 12.1. The van der Waals surface area contributed by atoms with Gasteiger partial charge >= 0.3 is 0 Å². The molecule has 0 fully saturated rings. The van der Waals surface area contributed by atoms with Gasteiger partial charge in [-0.25, -0.2) is 10.1 Å². The van der Waals surface area contributed by atoms with E-state index in [9.17, 15) is 4.79 Å². The van der Waals surface area contributed by atoms with Crippen molar-refractivity contribution in [1.29, 1.82) is 0 Å². The Morgan fingerprint density at radius 1 is 1.07 bits per heavy atom. The topological polar surface area (TPSA) is 72.4 Å². The number of carbonyl (C=O) groups is 1. The molecule has 0 bridgehead atoms.